The number of piperazine rings is 1. The predicted molar refractivity (Wildman–Crippen MR) is 90.1 cm³/mol. The first-order valence-electron chi connectivity index (χ1n) is 8.73. The van der Waals surface area contributed by atoms with Crippen molar-refractivity contribution in [2.75, 3.05) is 50.7 Å². The van der Waals surface area contributed by atoms with Crippen LogP contribution in [0.4, 0.5) is 10.1 Å². The summed E-state index contributed by atoms with van der Waals surface area (Å²) in [6.07, 6.45) is 4.15. The Morgan fingerprint density at radius 1 is 0.957 bits per heavy atom. The number of nitrogens with zero attached hydrogens (tertiary/aromatic N) is 3. The third-order valence-electron chi connectivity index (χ3n) is 4.92. The van der Waals surface area contributed by atoms with Gasteiger partial charge in [0.15, 0.2) is 0 Å². The normalized spacial score (nSPS) is 19.9. The Labute approximate surface area is 137 Å². The van der Waals surface area contributed by atoms with Gasteiger partial charge >= 0.3 is 0 Å². The molecule has 0 aliphatic carbocycles. The lowest BCUT2D eigenvalue weighted by Gasteiger charge is -2.36. The van der Waals surface area contributed by atoms with Crippen molar-refractivity contribution in [1.29, 1.82) is 0 Å². The number of piperidine rings is 1. The van der Waals surface area contributed by atoms with Crippen LogP contribution in [0.25, 0.3) is 0 Å². The molecule has 0 aromatic heterocycles. The summed E-state index contributed by atoms with van der Waals surface area (Å²) in [6.45, 7) is 6.10. The van der Waals surface area contributed by atoms with E-state index in [2.05, 4.69) is 9.80 Å². The Morgan fingerprint density at radius 3 is 2.35 bits per heavy atom. The minimum Gasteiger partial charge on any atom is -0.367 e. The average Bonchev–Trinajstić information content (AvgIpc) is 2.61. The Balaban J connectivity index is 1.42. The number of hydrogen-bond donors (Lipinski definition) is 0. The molecule has 126 valence electrons. The van der Waals surface area contributed by atoms with Gasteiger partial charge in [-0.15, -0.1) is 0 Å². The largest absolute Gasteiger partial charge is 0.367 e. The number of halogens is 1. The first-order chi connectivity index (χ1) is 11.2. The van der Waals surface area contributed by atoms with E-state index in [1.165, 1.54) is 12.5 Å². The minimum atomic E-state index is -0.152. The second-order valence-corrected chi connectivity index (χ2v) is 6.47. The van der Waals surface area contributed by atoms with Crippen molar-refractivity contribution < 1.29 is 9.18 Å². The predicted octanol–water partition coefficient (Wildman–Crippen LogP) is 2.35. The van der Waals surface area contributed by atoms with Crippen LogP contribution in [0.1, 0.15) is 25.7 Å². The zero-order chi connectivity index (χ0) is 16.1. The first-order valence-corrected chi connectivity index (χ1v) is 8.73. The number of amides is 1. The Morgan fingerprint density at radius 2 is 1.65 bits per heavy atom. The lowest BCUT2D eigenvalue weighted by atomic mass is 10.1. The molecule has 0 unspecified atom stereocenters. The Bertz CT molecular complexity index is 523. The van der Waals surface area contributed by atoms with Crippen molar-refractivity contribution >= 4 is 11.6 Å². The third-order valence-corrected chi connectivity index (χ3v) is 4.92. The van der Waals surface area contributed by atoms with Gasteiger partial charge in [0, 0.05) is 52.2 Å². The fraction of sp³-hybridized carbons (Fsp3) is 0.611. The molecule has 0 radical (unpaired) electrons. The van der Waals surface area contributed by atoms with E-state index in [1.54, 1.807) is 6.07 Å². The van der Waals surface area contributed by atoms with Gasteiger partial charge in [0.2, 0.25) is 5.91 Å². The first kappa shape index (κ1) is 16.2. The highest BCUT2D eigenvalue weighted by Gasteiger charge is 2.21. The van der Waals surface area contributed by atoms with Gasteiger partial charge in [-0.25, -0.2) is 4.39 Å². The summed E-state index contributed by atoms with van der Waals surface area (Å²) in [5.41, 5.74) is 0.691. The maximum atomic E-state index is 13.8. The second-order valence-electron chi connectivity index (χ2n) is 6.47. The highest BCUT2D eigenvalue weighted by molar-refractivity contribution is 5.76. The van der Waals surface area contributed by atoms with E-state index in [1.807, 2.05) is 17.0 Å². The fourth-order valence-corrected chi connectivity index (χ4v) is 3.48. The van der Waals surface area contributed by atoms with E-state index in [9.17, 15) is 9.18 Å². The summed E-state index contributed by atoms with van der Waals surface area (Å²) in [5, 5.41) is 0. The van der Waals surface area contributed by atoms with Crippen molar-refractivity contribution in [3.05, 3.63) is 30.1 Å². The van der Waals surface area contributed by atoms with Gasteiger partial charge in [0.25, 0.3) is 0 Å². The maximum absolute atomic E-state index is 13.8. The van der Waals surface area contributed by atoms with E-state index < -0.39 is 0 Å². The zero-order valence-electron chi connectivity index (χ0n) is 13.7. The molecule has 2 saturated heterocycles. The van der Waals surface area contributed by atoms with Crippen LogP contribution in [-0.2, 0) is 4.79 Å². The fourth-order valence-electron chi connectivity index (χ4n) is 3.48. The van der Waals surface area contributed by atoms with Gasteiger partial charge in [0.1, 0.15) is 5.82 Å². The molecular weight excluding hydrogens is 293 g/mol. The van der Waals surface area contributed by atoms with Crippen LogP contribution < -0.4 is 4.90 Å². The molecule has 1 aromatic rings. The SMILES string of the molecule is O=C(CCN1CCN(c2ccccc2F)CC1)N1CCCCC1. The molecule has 2 fully saturated rings. The number of likely N-dealkylation sites (tertiary alicyclic amines) is 1. The molecule has 1 aromatic carbocycles. The molecule has 2 heterocycles. The van der Waals surface area contributed by atoms with E-state index in [4.69, 9.17) is 0 Å². The number of rotatable bonds is 4. The highest BCUT2D eigenvalue weighted by Crippen LogP contribution is 2.20. The van der Waals surface area contributed by atoms with Gasteiger partial charge in [-0.2, -0.15) is 0 Å². The van der Waals surface area contributed by atoms with E-state index in [0.717, 1.165) is 58.7 Å². The average molecular weight is 319 g/mol. The maximum Gasteiger partial charge on any atom is 0.223 e. The van der Waals surface area contributed by atoms with Crippen molar-refractivity contribution in [2.24, 2.45) is 0 Å². The molecule has 3 rings (SSSR count). The van der Waals surface area contributed by atoms with Crippen molar-refractivity contribution in [2.45, 2.75) is 25.7 Å². The summed E-state index contributed by atoms with van der Waals surface area (Å²) >= 11 is 0. The van der Waals surface area contributed by atoms with Crippen LogP contribution >= 0.6 is 0 Å². The van der Waals surface area contributed by atoms with E-state index in [-0.39, 0.29) is 5.82 Å². The van der Waals surface area contributed by atoms with E-state index in [0.29, 0.717) is 18.0 Å². The van der Waals surface area contributed by atoms with Gasteiger partial charge in [-0.1, -0.05) is 12.1 Å². The lowest BCUT2D eigenvalue weighted by molar-refractivity contribution is -0.132. The number of carbonyl (C=O) groups is 1. The molecule has 0 N–H and O–H groups in total. The summed E-state index contributed by atoms with van der Waals surface area (Å²) in [7, 11) is 0. The molecule has 4 nitrogen and oxygen atoms in total. The lowest BCUT2D eigenvalue weighted by Crippen LogP contribution is -2.47. The standard InChI is InChI=1S/C18H26FN3O/c19-16-6-2-3-7-17(16)21-14-12-20(13-15-21)11-8-18(23)22-9-4-1-5-10-22/h2-3,6-7H,1,4-5,8-15H2. The van der Waals surface area contributed by atoms with Gasteiger partial charge < -0.3 is 9.80 Å². The molecule has 23 heavy (non-hydrogen) atoms. The van der Waals surface area contributed by atoms with Crippen molar-refractivity contribution in [3.8, 4) is 0 Å². The van der Waals surface area contributed by atoms with Crippen LogP contribution in [0, 0.1) is 5.82 Å². The minimum absolute atomic E-state index is 0.152. The number of benzene rings is 1. The summed E-state index contributed by atoms with van der Waals surface area (Å²) < 4.78 is 13.8. The zero-order valence-corrected chi connectivity index (χ0v) is 13.7. The molecule has 2 aliphatic heterocycles. The third kappa shape index (κ3) is 4.22. The number of carbonyl (C=O) groups excluding carboxylic acids is 1. The number of hydrogen-bond acceptors (Lipinski definition) is 3. The van der Waals surface area contributed by atoms with Crippen LogP contribution in [-0.4, -0.2) is 61.5 Å². The quantitative estimate of drug-likeness (QED) is 0.852. The molecule has 0 atom stereocenters. The highest BCUT2D eigenvalue weighted by atomic mass is 19.1. The Kier molecular flexibility index (Phi) is 5.49. The van der Waals surface area contributed by atoms with Gasteiger partial charge in [0.05, 0.1) is 5.69 Å². The van der Waals surface area contributed by atoms with E-state index >= 15 is 0 Å². The van der Waals surface area contributed by atoms with Crippen LogP contribution in [0.15, 0.2) is 24.3 Å². The molecule has 2 aliphatic rings. The van der Waals surface area contributed by atoms with Gasteiger partial charge in [-0.3, -0.25) is 9.69 Å². The molecule has 5 heteroatoms. The van der Waals surface area contributed by atoms with Crippen LogP contribution in [0.2, 0.25) is 0 Å². The molecule has 0 spiro atoms. The topological polar surface area (TPSA) is 26.8 Å². The number of para-hydroxylation sites is 1. The molecule has 1 amide bonds. The van der Waals surface area contributed by atoms with Crippen molar-refractivity contribution in [1.82, 2.24) is 9.80 Å². The summed E-state index contributed by atoms with van der Waals surface area (Å²) in [4.78, 5) is 18.6. The second kappa shape index (κ2) is 7.77. The summed E-state index contributed by atoms with van der Waals surface area (Å²) in [5.74, 6) is 0.141. The smallest absolute Gasteiger partial charge is 0.223 e. The Hall–Kier alpha value is -1.62. The van der Waals surface area contributed by atoms with Crippen LogP contribution in [0.3, 0.4) is 0 Å². The van der Waals surface area contributed by atoms with Crippen LogP contribution in [0.5, 0.6) is 0 Å². The van der Waals surface area contributed by atoms with Gasteiger partial charge in [-0.05, 0) is 31.4 Å². The molecule has 0 saturated carbocycles. The molecular formula is C18H26FN3O. The number of anilines is 1. The summed E-state index contributed by atoms with van der Waals surface area (Å²) in [6, 6.07) is 6.95. The molecule has 0 bridgehead atoms. The monoisotopic (exact) mass is 319 g/mol. The van der Waals surface area contributed by atoms with Crippen molar-refractivity contribution in [3.63, 3.8) is 0 Å².